The summed E-state index contributed by atoms with van der Waals surface area (Å²) in [6.07, 6.45) is 6.50. The molecule has 1 heterocycles. The van der Waals surface area contributed by atoms with Gasteiger partial charge in [-0.05, 0) is 31.7 Å². The number of amides is 2. The molecule has 1 aromatic rings. The normalized spacial score (nSPS) is 20.6. The van der Waals surface area contributed by atoms with Crippen LogP contribution in [0.5, 0.6) is 0 Å². The van der Waals surface area contributed by atoms with E-state index in [2.05, 4.69) is 15.5 Å². The molecule has 4 nitrogen and oxygen atoms in total. The van der Waals surface area contributed by atoms with Gasteiger partial charge in [0.1, 0.15) is 5.82 Å². The molecule has 1 saturated carbocycles. The first kappa shape index (κ1) is 16.2. The van der Waals surface area contributed by atoms with Gasteiger partial charge in [0.15, 0.2) is 0 Å². The van der Waals surface area contributed by atoms with Crippen LogP contribution < -0.4 is 10.6 Å². The number of carbonyl (C=O) groups is 1. The van der Waals surface area contributed by atoms with Crippen molar-refractivity contribution in [2.24, 2.45) is 0 Å². The van der Waals surface area contributed by atoms with Gasteiger partial charge in [0.05, 0.1) is 0 Å². The maximum atomic E-state index is 13.7. The first-order valence-corrected chi connectivity index (χ1v) is 8.73. The quantitative estimate of drug-likeness (QED) is 0.896. The maximum absolute atomic E-state index is 13.7. The van der Waals surface area contributed by atoms with Gasteiger partial charge in [-0.15, -0.1) is 0 Å². The van der Waals surface area contributed by atoms with E-state index in [9.17, 15) is 9.18 Å². The first-order chi connectivity index (χ1) is 11.2. The fraction of sp³-hybridized carbons (Fsp3) is 0.611. The van der Waals surface area contributed by atoms with Gasteiger partial charge in [0, 0.05) is 37.3 Å². The molecule has 126 valence electrons. The van der Waals surface area contributed by atoms with E-state index >= 15 is 0 Å². The van der Waals surface area contributed by atoms with E-state index in [0.29, 0.717) is 12.6 Å². The Kier molecular flexibility index (Phi) is 5.49. The molecule has 23 heavy (non-hydrogen) atoms. The van der Waals surface area contributed by atoms with Crippen molar-refractivity contribution in [3.05, 3.63) is 35.6 Å². The summed E-state index contributed by atoms with van der Waals surface area (Å²) in [5.41, 5.74) is 0.748. The SMILES string of the molecule is O=C(NC1CCCC1)NC1CCN(Cc2ccccc2F)CC1. The second-order valence-corrected chi connectivity index (χ2v) is 6.74. The summed E-state index contributed by atoms with van der Waals surface area (Å²) in [6, 6.07) is 7.51. The van der Waals surface area contributed by atoms with Gasteiger partial charge in [-0.1, -0.05) is 31.0 Å². The fourth-order valence-electron chi connectivity index (χ4n) is 3.59. The lowest BCUT2D eigenvalue weighted by atomic mass is 10.0. The number of nitrogens with one attached hydrogen (secondary N) is 2. The average molecular weight is 319 g/mol. The third-order valence-corrected chi connectivity index (χ3v) is 4.96. The standard InChI is InChI=1S/C18H26FN3O/c19-17-8-4-1-5-14(17)13-22-11-9-16(10-12-22)21-18(23)20-15-6-2-3-7-15/h1,4-5,8,15-16H,2-3,6-7,9-13H2,(H2,20,21,23). The van der Waals surface area contributed by atoms with Crippen LogP contribution in [0.2, 0.25) is 0 Å². The molecule has 0 spiro atoms. The molecule has 5 heteroatoms. The van der Waals surface area contributed by atoms with Crippen molar-refractivity contribution < 1.29 is 9.18 Å². The number of piperidine rings is 1. The number of hydrogen-bond donors (Lipinski definition) is 2. The fourth-order valence-corrected chi connectivity index (χ4v) is 3.59. The first-order valence-electron chi connectivity index (χ1n) is 8.73. The molecule has 3 rings (SSSR count). The van der Waals surface area contributed by atoms with Crippen molar-refractivity contribution in [3.8, 4) is 0 Å². The summed E-state index contributed by atoms with van der Waals surface area (Å²) in [5, 5.41) is 6.16. The van der Waals surface area contributed by atoms with Crippen LogP contribution in [0.4, 0.5) is 9.18 Å². The van der Waals surface area contributed by atoms with E-state index in [0.717, 1.165) is 44.3 Å². The van der Waals surface area contributed by atoms with Crippen LogP contribution in [0.25, 0.3) is 0 Å². The Hall–Kier alpha value is -1.62. The predicted molar refractivity (Wildman–Crippen MR) is 88.6 cm³/mol. The van der Waals surface area contributed by atoms with Crippen molar-refractivity contribution in [2.75, 3.05) is 13.1 Å². The molecule has 1 aliphatic heterocycles. The van der Waals surface area contributed by atoms with E-state index in [-0.39, 0.29) is 17.9 Å². The molecule has 0 bridgehead atoms. The average Bonchev–Trinajstić information content (AvgIpc) is 3.04. The summed E-state index contributed by atoms with van der Waals surface area (Å²) < 4.78 is 13.7. The minimum absolute atomic E-state index is 0.0237. The summed E-state index contributed by atoms with van der Waals surface area (Å²) >= 11 is 0. The Bertz CT molecular complexity index is 523. The van der Waals surface area contributed by atoms with Crippen LogP contribution >= 0.6 is 0 Å². The second-order valence-electron chi connectivity index (χ2n) is 6.74. The number of rotatable bonds is 4. The minimum atomic E-state index is -0.135. The zero-order valence-electron chi connectivity index (χ0n) is 13.6. The maximum Gasteiger partial charge on any atom is 0.315 e. The van der Waals surface area contributed by atoms with Gasteiger partial charge in [-0.2, -0.15) is 0 Å². The number of halogens is 1. The highest BCUT2D eigenvalue weighted by Gasteiger charge is 2.23. The molecule has 0 aromatic heterocycles. The lowest BCUT2D eigenvalue weighted by molar-refractivity contribution is 0.184. The van der Waals surface area contributed by atoms with Gasteiger partial charge < -0.3 is 10.6 Å². The molecule has 2 N–H and O–H groups in total. The number of likely N-dealkylation sites (tertiary alicyclic amines) is 1. The molecule has 2 fully saturated rings. The van der Waals surface area contributed by atoms with E-state index in [1.54, 1.807) is 6.07 Å². The number of nitrogens with zero attached hydrogens (tertiary/aromatic N) is 1. The number of urea groups is 1. The minimum Gasteiger partial charge on any atom is -0.335 e. The summed E-state index contributed by atoms with van der Waals surface area (Å²) in [4.78, 5) is 14.3. The Morgan fingerprint density at radius 1 is 1.04 bits per heavy atom. The van der Waals surface area contributed by atoms with E-state index in [1.165, 1.54) is 18.9 Å². The predicted octanol–water partition coefficient (Wildman–Crippen LogP) is 3.03. The van der Waals surface area contributed by atoms with Gasteiger partial charge in [-0.3, -0.25) is 4.90 Å². The summed E-state index contributed by atoms with van der Waals surface area (Å²) in [6.45, 7) is 2.43. The van der Waals surface area contributed by atoms with Crippen molar-refractivity contribution >= 4 is 6.03 Å². The van der Waals surface area contributed by atoms with Gasteiger partial charge in [-0.25, -0.2) is 9.18 Å². The van der Waals surface area contributed by atoms with Gasteiger partial charge in [0.25, 0.3) is 0 Å². The zero-order chi connectivity index (χ0) is 16.1. The number of hydrogen-bond acceptors (Lipinski definition) is 2. The van der Waals surface area contributed by atoms with Crippen LogP contribution in [0.3, 0.4) is 0 Å². The topological polar surface area (TPSA) is 44.4 Å². The molecule has 2 amide bonds. The van der Waals surface area contributed by atoms with E-state index in [4.69, 9.17) is 0 Å². The van der Waals surface area contributed by atoms with Crippen LogP contribution in [0.15, 0.2) is 24.3 Å². The van der Waals surface area contributed by atoms with Crippen molar-refractivity contribution in [2.45, 2.75) is 57.2 Å². The van der Waals surface area contributed by atoms with Crippen molar-refractivity contribution in [1.82, 2.24) is 15.5 Å². The van der Waals surface area contributed by atoms with Crippen LogP contribution in [0, 0.1) is 5.82 Å². The summed E-state index contributed by atoms with van der Waals surface area (Å²) in [5.74, 6) is -0.135. The molecule has 0 unspecified atom stereocenters. The summed E-state index contributed by atoms with van der Waals surface area (Å²) in [7, 11) is 0. The van der Waals surface area contributed by atoms with Crippen molar-refractivity contribution in [1.29, 1.82) is 0 Å². The van der Waals surface area contributed by atoms with E-state index < -0.39 is 0 Å². The Balaban J connectivity index is 1.40. The van der Waals surface area contributed by atoms with Crippen LogP contribution in [-0.2, 0) is 6.54 Å². The monoisotopic (exact) mass is 319 g/mol. The Morgan fingerprint density at radius 3 is 2.30 bits per heavy atom. The Morgan fingerprint density at radius 2 is 1.65 bits per heavy atom. The second kappa shape index (κ2) is 7.77. The molecule has 1 aliphatic carbocycles. The molecule has 2 aliphatic rings. The Labute approximate surface area is 137 Å². The molecule has 0 radical (unpaired) electrons. The molecule has 1 aromatic carbocycles. The highest BCUT2D eigenvalue weighted by Crippen LogP contribution is 2.18. The highest BCUT2D eigenvalue weighted by molar-refractivity contribution is 5.74. The van der Waals surface area contributed by atoms with Gasteiger partial charge in [0.2, 0.25) is 0 Å². The molecular weight excluding hydrogens is 293 g/mol. The van der Waals surface area contributed by atoms with Gasteiger partial charge >= 0.3 is 6.03 Å². The van der Waals surface area contributed by atoms with Crippen LogP contribution in [0.1, 0.15) is 44.1 Å². The third kappa shape index (κ3) is 4.67. The lowest BCUT2D eigenvalue weighted by Crippen LogP contribution is -2.49. The van der Waals surface area contributed by atoms with E-state index in [1.807, 2.05) is 12.1 Å². The smallest absolute Gasteiger partial charge is 0.315 e. The molecule has 0 atom stereocenters. The zero-order valence-corrected chi connectivity index (χ0v) is 13.6. The number of benzene rings is 1. The van der Waals surface area contributed by atoms with Crippen LogP contribution in [-0.4, -0.2) is 36.1 Å². The molecule has 1 saturated heterocycles. The lowest BCUT2D eigenvalue weighted by Gasteiger charge is -2.32. The number of carbonyl (C=O) groups excluding carboxylic acids is 1. The third-order valence-electron chi connectivity index (χ3n) is 4.96. The van der Waals surface area contributed by atoms with Crippen molar-refractivity contribution in [3.63, 3.8) is 0 Å². The molecular formula is C18H26FN3O. The highest BCUT2D eigenvalue weighted by atomic mass is 19.1. The largest absolute Gasteiger partial charge is 0.335 e.